The summed E-state index contributed by atoms with van der Waals surface area (Å²) in [7, 11) is 1.64. The van der Waals surface area contributed by atoms with Crippen molar-refractivity contribution >= 4 is 11.6 Å². The van der Waals surface area contributed by atoms with Gasteiger partial charge in [-0.1, -0.05) is 26.3 Å². The molecule has 0 atom stereocenters. The van der Waals surface area contributed by atoms with Crippen molar-refractivity contribution in [2.45, 2.75) is 27.7 Å². The molecule has 2 aromatic rings. The average molecular weight is 314 g/mol. The van der Waals surface area contributed by atoms with Crippen molar-refractivity contribution in [3.05, 3.63) is 52.7 Å². The molecule has 2 rings (SSSR count). The van der Waals surface area contributed by atoms with E-state index in [-0.39, 0.29) is 17.0 Å². The normalized spacial score (nSPS) is 12.3. The molecule has 0 saturated heterocycles. The molecule has 1 aromatic heterocycles. The van der Waals surface area contributed by atoms with Gasteiger partial charge in [0.05, 0.1) is 5.69 Å². The minimum atomic E-state index is -0.217. The van der Waals surface area contributed by atoms with E-state index in [4.69, 9.17) is 0 Å². The molecular formula is C17H22N4O2. The minimum Gasteiger partial charge on any atom is -0.323 e. The predicted molar refractivity (Wildman–Crippen MR) is 90.6 cm³/mol. The van der Waals surface area contributed by atoms with Crippen molar-refractivity contribution in [3.63, 3.8) is 0 Å². The largest absolute Gasteiger partial charge is 0.350 e. The molecular weight excluding hydrogens is 292 g/mol. The number of nitrogens with one attached hydrogen (secondary N) is 1. The molecule has 1 heterocycles. The van der Waals surface area contributed by atoms with Gasteiger partial charge in [-0.05, 0) is 36.6 Å². The number of hydrogen-bond acceptors (Lipinski definition) is 3. The number of nitrogens with zero attached hydrogens (tertiary/aromatic N) is 3. The summed E-state index contributed by atoms with van der Waals surface area (Å²) in [6, 6.07) is 6.97. The molecule has 0 bridgehead atoms. The van der Waals surface area contributed by atoms with Gasteiger partial charge in [0, 0.05) is 18.8 Å². The van der Waals surface area contributed by atoms with Crippen LogP contribution in [0, 0.1) is 5.41 Å². The van der Waals surface area contributed by atoms with Gasteiger partial charge in [0.25, 0.3) is 0 Å². The molecule has 0 saturated carbocycles. The van der Waals surface area contributed by atoms with Crippen LogP contribution in [-0.4, -0.2) is 20.3 Å². The summed E-state index contributed by atoms with van der Waals surface area (Å²) in [5.74, 6) is -0.167. The molecule has 0 aliphatic rings. The van der Waals surface area contributed by atoms with Crippen LogP contribution in [0.4, 0.5) is 5.69 Å². The lowest BCUT2D eigenvalue weighted by Crippen LogP contribution is -2.21. The highest BCUT2D eigenvalue weighted by molar-refractivity contribution is 5.99. The molecule has 0 spiro atoms. The highest BCUT2D eigenvalue weighted by atomic mass is 16.2. The average Bonchev–Trinajstić information content (AvgIpc) is 2.79. The third-order valence-corrected chi connectivity index (χ3v) is 3.73. The molecule has 6 heteroatoms. The second-order valence-corrected chi connectivity index (χ2v) is 6.55. The number of rotatable bonds is 3. The standard InChI is InChI=1S/C17H22N4O2/c1-12(17(2,3)4)10-15(22)19-13-6-8-14(9-7-13)21-16(23)20(5)11-18-21/h6-11H,1-5H3,(H,19,22)/b12-10+. The molecule has 0 radical (unpaired) electrons. The lowest BCUT2D eigenvalue weighted by molar-refractivity contribution is -0.112. The number of allylic oxidation sites excluding steroid dienone is 1. The van der Waals surface area contributed by atoms with Gasteiger partial charge in [-0.3, -0.25) is 9.36 Å². The molecule has 0 aliphatic heterocycles. The molecule has 1 aromatic carbocycles. The topological polar surface area (TPSA) is 68.9 Å². The highest BCUT2D eigenvalue weighted by Crippen LogP contribution is 2.24. The summed E-state index contributed by atoms with van der Waals surface area (Å²) < 4.78 is 2.70. The zero-order valence-corrected chi connectivity index (χ0v) is 14.1. The van der Waals surface area contributed by atoms with E-state index >= 15 is 0 Å². The Kier molecular flexibility index (Phi) is 4.54. The van der Waals surface area contributed by atoms with Crippen LogP contribution in [-0.2, 0) is 11.8 Å². The predicted octanol–water partition coefficient (Wildman–Crippen LogP) is 2.50. The SMILES string of the molecule is C/C(=C\C(=O)Nc1ccc(-n2ncn(C)c2=O)cc1)C(C)(C)C. The van der Waals surface area contributed by atoms with Crippen molar-refractivity contribution < 1.29 is 4.79 Å². The Morgan fingerprint density at radius 1 is 1.22 bits per heavy atom. The van der Waals surface area contributed by atoms with Crippen molar-refractivity contribution in [2.75, 3.05) is 5.32 Å². The van der Waals surface area contributed by atoms with Crippen molar-refractivity contribution in [3.8, 4) is 5.69 Å². The summed E-state index contributed by atoms with van der Waals surface area (Å²) in [4.78, 5) is 23.9. The first-order valence-electron chi connectivity index (χ1n) is 7.39. The minimum absolute atomic E-state index is 0.0403. The fourth-order valence-corrected chi connectivity index (χ4v) is 1.83. The van der Waals surface area contributed by atoms with E-state index in [1.807, 2.05) is 6.92 Å². The maximum Gasteiger partial charge on any atom is 0.350 e. The molecule has 0 aliphatic carbocycles. The maximum absolute atomic E-state index is 12.0. The Morgan fingerprint density at radius 2 is 1.83 bits per heavy atom. The van der Waals surface area contributed by atoms with Crippen molar-refractivity contribution in [1.82, 2.24) is 14.3 Å². The third kappa shape index (κ3) is 3.97. The number of aromatic nitrogens is 3. The monoisotopic (exact) mass is 314 g/mol. The summed E-state index contributed by atoms with van der Waals surface area (Å²) in [5.41, 5.74) is 2.06. The van der Waals surface area contributed by atoms with E-state index in [0.717, 1.165) is 5.57 Å². The van der Waals surface area contributed by atoms with Crippen LogP contribution in [0.3, 0.4) is 0 Å². The maximum atomic E-state index is 12.0. The number of carbonyl (C=O) groups is 1. The highest BCUT2D eigenvalue weighted by Gasteiger charge is 2.13. The Hall–Kier alpha value is -2.63. The number of amides is 1. The zero-order chi connectivity index (χ0) is 17.2. The molecule has 1 amide bonds. The first-order valence-corrected chi connectivity index (χ1v) is 7.39. The van der Waals surface area contributed by atoms with Gasteiger partial charge >= 0.3 is 5.69 Å². The van der Waals surface area contributed by atoms with Gasteiger partial charge in [-0.25, -0.2) is 4.79 Å². The Morgan fingerprint density at radius 3 is 2.30 bits per heavy atom. The number of hydrogen-bond donors (Lipinski definition) is 1. The van der Waals surface area contributed by atoms with E-state index in [1.165, 1.54) is 15.6 Å². The van der Waals surface area contributed by atoms with E-state index < -0.39 is 0 Å². The molecule has 0 unspecified atom stereocenters. The molecule has 1 N–H and O–H groups in total. The van der Waals surface area contributed by atoms with E-state index in [9.17, 15) is 9.59 Å². The first-order chi connectivity index (χ1) is 10.7. The Bertz CT molecular complexity index is 789. The van der Waals surface area contributed by atoms with Crippen LogP contribution in [0.25, 0.3) is 5.69 Å². The summed E-state index contributed by atoms with van der Waals surface area (Å²) >= 11 is 0. The van der Waals surface area contributed by atoms with Crippen LogP contribution in [0.2, 0.25) is 0 Å². The lowest BCUT2D eigenvalue weighted by atomic mass is 9.87. The van der Waals surface area contributed by atoms with Gasteiger partial charge in [-0.15, -0.1) is 0 Å². The quantitative estimate of drug-likeness (QED) is 0.885. The molecule has 23 heavy (non-hydrogen) atoms. The van der Waals surface area contributed by atoms with Crippen LogP contribution in [0.5, 0.6) is 0 Å². The van der Waals surface area contributed by atoms with Gasteiger partial charge in [0.2, 0.25) is 5.91 Å². The fraction of sp³-hybridized carbons (Fsp3) is 0.353. The van der Waals surface area contributed by atoms with Crippen LogP contribution >= 0.6 is 0 Å². The van der Waals surface area contributed by atoms with Crippen molar-refractivity contribution in [2.24, 2.45) is 12.5 Å². The summed E-state index contributed by atoms with van der Waals surface area (Å²) in [5, 5.41) is 6.83. The summed E-state index contributed by atoms with van der Waals surface area (Å²) in [6.45, 7) is 8.12. The van der Waals surface area contributed by atoms with Crippen LogP contribution in [0.1, 0.15) is 27.7 Å². The van der Waals surface area contributed by atoms with Gasteiger partial charge in [-0.2, -0.15) is 9.78 Å². The fourth-order valence-electron chi connectivity index (χ4n) is 1.83. The number of benzene rings is 1. The van der Waals surface area contributed by atoms with Crippen LogP contribution in [0.15, 0.2) is 47.0 Å². The smallest absolute Gasteiger partial charge is 0.323 e. The van der Waals surface area contributed by atoms with Gasteiger partial charge in [0.1, 0.15) is 6.33 Å². The summed E-state index contributed by atoms with van der Waals surface area (Å²) in [6.07, 6.45) is 3.06. The third-order valence-electron chi connectivity index (χ3n) is 3.73. The molecule has 122 valence electrons. The number of aryl methyl sites for hydroxylation is 1. The molecule has 0 fully saturated rings. The zero-order valence-electron chi connectivity index (χ0n) is 14.1. The Labute approximate surface area is 135 Å². The number of carbonyl (C=O) groups excluding carboxylic acids is 1. The van der Waals surface area contributed by atoms with Gasteiger partial charge in [0.15, 0.2) is 0 Å². The van der Waals surface area contributed by atoms with E-state index in [1.54, 1.807) is 37.4 Å². The van der Waals surface area contributed by atoms with Crippen LogP contribution < -0.4 is 11.0 Å². The lowest BCUT2D eigenvalue weighted by Gasteiger charge is -2.19. The Balaban J connectivity index is 2.13. The number of anilines is 1. The van der Waals surface area contributed by atoms with Crippen molar-refractivity contribution in [1.29, 1.82) is 0 Å². The second kappa shape index (κ2) is 6.24. The molecule has 6 nitrogen and oxygen atoms in total. The van der Waals surface area contributed by atoms with E-state index in [0.29, 0.717) is 11.4 Å². The van der Waals surface area contributed by atoms with Gasteiger partial charge < -0.3 is 5.32 Å². The second-order valence-electron chi connectivity index (χ2n) is 6.55. The van der Waals surface area contributed by atoms with E-state index in [2.05, 4.69) is 31.2 Å². The first kappa shape index (κ1) is 16.7.